The van der Waals surface area contributed by atoms with Crippen LogP contribution < -0.4 is 0 Å². The standard InChI is InChI=1S/C9H14BrNO/c1-4-7-11(6-3)9(12)8(10)5-2/h1,8H,5-7H2,2-3H3. The van der Waals surface area contributed by atoms with Gasteiger partial charge < -0.3 is 4.90 Å². The summed E-state index contributed by atoms with van der Waals surface area (Å²) in [6.07, 6.45) is 5.92. The number of nitrogens with zero attached hydrogens (tertiary/aromatic N) is 1. The van der Waals surface area contributed by atoms with E-state index in [1.54, 1.807) is 4.90 Å². The van der Waals surface area contributed by atoms with Gasteiger partial charge >= 0.3 is 0 Å². The molecule has 0 fully saturated rings. The lowest BCUT2D eigenvalue weighted by atomic mass is 10.3. The molecule has 12 heavy (non-hydrogen) atoms. The van der Waals surface area contributed by atoms with Crippen molar-refractivity contribution in [3.8, 4) is 12.3 Å². The van der Waals surface area contributed by atoms with Crippen molar-refractivity contribution in [3.05, 3.63) is 0 Å². The largest absolute Gasteiger partial charge is 0.331 e. The van der Waals surface area contributed by atoms with Gasteiger partial charge in [0.1, 0.15) is 0 Å². The van der Waals surface area contributed by atoms with Crippen molar-refractivity contribution in [1.82, 2.24) is 4.90 Å². The van der Waals surface area contributed by atoms with Crippen LogP contribution in [0.15, 0.2) is 0 Å². The average Bonchev–Trinajstić information content (AvgIpc) is 2.11. The Hall–Kier alpha value is -0.490. The number of alkyl halides is 1. The Morgan fingerprint density at radius 3 is 2.58 bits per heavy atom. The molecular weight excluding hydrogens is 218 g/mol. The van der Waals surface area contributed by atoms with E-state index in [0.717, 1.165) is 6.42 Å². The first kappa shape index (κ1) is 11.5. The molecule has 0 saturated carbocycles. The molecule has 0 aliphatic carbocycles. The van der Waals surface area contributed by atoms with E-state index in [9.17, 15) is 4.79 Å². The van der Waals surface area contributed by atoms with E-state index in [4.69, 9.17) is 6.42 Å². The van der Waals surface area contributed by atoms with Crippen LogP contribution in [0, 0.1) is 12.3 Å². The highest BCUT2D eigenvalue weighted by atomic mass is 79.9. The molecule has 1 amide bonds. The number of terminal acetylenes is 1. The SMILES string of the molecule is C#CCN(CC)C(=O)C(Br)CC. The predicted octanol–water partition coefficient (Wildman–Crippen LogP) is 1.64. The Kier molecular flexibility index (Phi) is 5.83. The number of hydrogen-bond acceptors (Lipinski definition) is 1. The molecule has 0 radical (unpaired) electrons. The third kappa shape index (κ3) is 3.27. The lowest BCUT2D eigenvalue weighted by Gasteiger charge is -2.20. The van der Waals surface area contributed by atoms with Gasteiger partial charge in [-0.15, -0.1) is 6.42 Å². The first-order valence-corrected chi connectivity index (χ1v) is 4.95. The monoisotopic (exact) mass is 231 g/mol. The maximum atomic E-state index is 11.5. The van der Waals surface area contributed by atoms with E-state index in [0.29, 0.717) is 13.1 Å². The minimum atomic E-state index is -0.0919. The second-order valence-electron chi connectivity index (χ2n) is 2.43. The Morgan fingerprint density at radius 1 is 1.67 bits per heavy atom. The third-order valence-electron chi connectivity index (χ3n) is 1.60. The van der Waals surface area contributed by atoms with Gasteiger partial charge in [0.25, 0.3) is 0 Å². The molecule has 0 bridgehead atoms. The van der Waals surface area contributed by atoms with E-state index >= 15 is 0 Å². The molecule has 0 heterocycles. The van der Waals surface area contributed by atoms with Crippen molar-refractivity contribution in [3.63, 3.8) is 0 Å². The molecule has 0 aromatic carbocycles. The van der Waals surface area contributed by atoms with Crippen LogP contribution in [0.3, 0.4) is 0 Å². The van der Waals surface area contributed by atoms with Crippen LogP contribution in [-0.2, 0) is 4.79 Å². The zero-order valence-electron chi connectivity index (χ0n) is 7.51. The molecular formula is C9H14BrNO. The maximum absolute atomic E-state index is 11.5. The van der Waals surface area contributed by atoms with Crippen LogP contribution in [-0.4, -0.2) is 28.7 Å². The number of hydrogen-bond donors (Lipinski definition) is 0. The minimum absolute atomic E-state index is 0.0814. The van der Waals surface area contributed by atoms with Crippen molar-refractivity contribution >= 4 is 21.8 Å². The normalized spacial score (nSPS) is 11.8. The third-order valence-corrected chi connectivity index (χ3v) is 2.64. The summed E-state index contributed by atoms with van der Waals surface area (Å²) < 4.78 is 0. The lowest BCUT2D eigenvalue weighted by molar-refractivity contribution is -0.129. The van der Waals surface area contributed by atoms with Gasteiger partial charge in [0.15, 0.2) is 0 Å². The molecule has 0 aliphatic heterocycles. The molecule has 0 saturated heterocycles. The smallest absolute Gasteiger partial charge is 0.237 e. The van der Waals surface area contributed by atoms with Gasteiger partial charge in [-0.05, 0) is 13.3 Å². The molecule has 1 unspecified atom stereocenters. The fourth-order valence-electron chi connectivity index (χ4n) is 0.828. The Morgan fingerprint density at radius 2 is 2.25 bits per heavy atom. The summed E-state index contributed by atoms with van der Waals surface area (Å²) in [7, 11) is 0. The highest BCUT2D eigenvalue weighted by Crippen LogP contribution is 2.08. The van der Waals surface area contributed by atoms with E-state index in [1.807, 2.05) is 13.8 Å². The van der Waals surface area contributed by atoms with Gasteiger partial charge in [0.2, 0.25) is 5.91 Å². The second-order valence-corrected chi connectivity index (χ2v) is 3.54. The molecule has 0 rings (SSSR count). The van der Waals surface area contributed by atoms with Crippen LogP contribution >= 0.6 is 15.9 Å². The summed E-state index contributed by atoms with van der Waals surface area (Å²) in [4.78, 5) is 13.0. The van der Waals surface area contributed by atoms with Crippen LogP contribution in [0.1, 0.15) is 20.3 Å². The fourth-order valence-corrected chi connectivity index (χ4v) is 1.12. The van der Waals surface area contributed by atoms with Crippen LogP contribution in [0.25, 0.3) is 0 Å². The lowest BCUT2D eigenvalue weighted by Crippen LogP contribution is -2.36. The Bertz CT molecular complexity index is 185. The quantitative estimate of drug-likeness (QED) is 0.533. The summed E-state index contributed by atoms with van der Waals surface area (Å²) in [6, 6.07) is 0. The van der Waals surface area contributed by atoms with E-state index < -0.39 is 0 Å². The summed E-state index contributed by atoms with van der Waals surface area (Å²) in [5.74, 6) is 2.54. The van der Waals surface area contributed by atoms with Gasteiger partial charge in [-0.25, -0.2) is 0 Å². The highest BCUT2D eigenvalue weighted by molar-refractivity contribution is 9.10. The van der Waals surface area contributed by atoms with Crippen molar-refractivity contribution in [2.75, 3.05) is 13.1 Å². The minimum Gasteiger partial charge on any atom is -0.331 e. The molecule has 0 aromatic rings. The summed E-state index contributed by atoms with van der Waals surface area (Å²) in [6.45, 7) is 4.95. The fraction of sp³-hybridized carbons (Fsp3) is 0.667. The van der Waals surface area contributed by atoms with Crippen molar-refractivity contribution in [2.45, 2.75) is 25.1 Å². The average molecular weight is 232 g/mol. The molecule has 0 N–H and O–H groups in total. The molecule has 1 atom stereocenters. The van der Waals surface area contributed by atoms with Gasteiger partial charge in [-0.3, -0.25) is 4.79 Å². The number of carbonyl (C=O) groups excluding carboxylic acids is 1. The van der Waals surface area contributed by atoms with Crippen molar-refractivity contribution in [2.24, 2.45) is 0 Å². The maximum Gasteiger partial charge on any atom is 0.237 e. The zero-order valence-corrected chi connectivity index (χ0v) is 9.10. The Balaban J connectivity index is 4.13. The van der Waals surface area contributed by atoms with Crippen molar-refractivity contribution in [1.29, 1.82) is 0 Å². The van der Waals surface area contributed by atoms with Gasteiger partial charge in [0, 0.05) is 6.54 Å². The van der Waals surface area contributed by atoms with E-state index in [1.165, 1.54) is 0 Å². The molecule has 0 spiro atoms. The molecule has 68 valence electrons. The highest BCUT2D eigenvalue weighted by Gasteiger charge is 2.17. The summed E-state index contributed by atoms with van der Waals surface area (Å²) in [5, 5.41) is 0. The van der Waals surface area contributed by atoms with Gasteiger partial charge in [-0.1, -0.05) is 28.8 Å². The number of rotatable bonds is 4. The number of amides is 1. The molecule has 2 nitrogen and oxygen atoms in total. The molecule has 3 heteroatoms. The predicted molar refractivity (Wildman–Crippen MR) is 54.1 cm³/mol. The van der Waals surface area contributed by atoms with Crippen molar-refractivity contribution < 1.29 is 4.79 Å². The topological polar surface area (TPSA) is 20.3 Å². The molecule has 0 aliphatic rings. The number of halogens is 1. The Labute approximate surface area is 82.4 Å². The van der Waals surface area contributed by atoms with Gasteiger partial charge in [0.05, 0.1) is 11.4 Å². The van der Waals surface area contributed by atoms with E-state index in [2.05, 4.69) is 21.9 Å². The van der Waals surface area contributed by atoms with Crippen LogP contribution in [0.4, 0.5) is 0 Å². The molecule has 0 aromatic heterocycles. The summed E-state index contributed by atoms with van der Waals surface area (Å²) in [5.41, 5.74) is 0. The van der Waals surface area contributed by atoms with Crippen LogP contribution in [0.2, 0.25) is 0 Å². The van der Waals surface area contributed by atoms with E-state index in [-0.39, 0.29) is 10.7 Å². The number of carbonyl (C=O) groups is 1. The van der Waals surface area contributed by atoms with Gasteiger partial charge in [-0.2, -0.15) is 0 Å². The first-order valence-electron chi connectivity index (χ1n) is 4.03. The first-order chi connectivity index (χ1) is 5.67. The second kappa shape index (κ2) is 6.07. The zero-order chi connectivity index (χ0) is 9.56. The van der Waals surface area contributed by atoms with Crippen LogP contribution in [0.5, 0.6) is 0 Å². The summed E-state index contributed by atoms with van der Waals surface area (Å²) >= 11 is 3.29.